The van der Waals surface area contributed by atoms with Gasteiger partial charge in [-0.05, 0) is 44.4 Å². The van der Waals surface area contributed by atoms with E-state index < -0.39 is 0 Å². The summed E-state index contributed by atoms with van der Waals surface area (Å²) in [6.45, 7) is 13.3. The molecule has 0 saturated carbocycles. The molecule has 0 aliphatic rings. The van der Waals surface area contributed by atoms with Crippen LogP contribution < -0.4 is 4.57 Å². The van der Waals surface area contributed by atoms with E-state index >= 15 is 0 Å². The van der Waals surface area contributed by atoms with Crippen molar-refractivity contribution in [2.75, 3.05) is 0 Å². The molecule has 24 heavy (non-hydrogen) atoms. The molecule has 0 aliphatic heterocycles. The quantitative estimate of drug-likeness (QED) is 0.606. The van der Waals surface area contributed by atoms with Crippen LogP contribution in [-0.2, 0) is 0 Å². The Hall–Kier alpha value is -2.35. The van der Waals surface area contributed by atoms with E-state index in [-0.39, 0.29) is 0 Å². The van der Waals surface area contributed by atoms with E-state index in [0.717, 1.165) is 0 Å². The highest BCUT2D eigenvalue weighted by atomic mass is 15.2. The zero-order valence-electron chi connectivity index (χ0n) is 15.6. The molecule has 0 unspecified atom stereocenters. The average Bonchev–Trinajstić information content (AvgIpc) is 2.83. The number of aryl methyl sites for hydroxylation is 3. The lowest BCUT2D eigenvalue weighted by Crippen LogP contribution is -2.39. The van der Waals surface area contributed by atoms with Crippen molar-refractivity contribution in [3.05, 3.63) is 82.4 Å². The van der Waals surface area contributed by atoms with E-state index in [2.05, 4.69) is 99.5 Å². The Morgan fingerprint density at radius 3 is 2.04 bits per heavy atom. The van der Waals surface area contributed by atoms with Gasteiger partial charge in [0.15, 0.2) is 0 Å². The van der Waals surface area contributed by atoms with Crippen LogP contribution in [-0.4, -0.2) is 4.57 Å². The van der Waals surface area contributed by atoms with Crippen LogP contribution in [0.5, 0.6) is 0 Å². The Balaban J connectivity index is 2.14. The van der Waals surface area contributed by atoms with Gasteiger partial charge in [0, 0.05) is 13.8 Å². The highest BCUT2D eigenvalue weighted by Crippen LogP contribution is 2.24. The molecule has 0 saturated heterocycles. The third-order valence-corrected chi connectivity index (χ3v) is 5.09. The van der Waals surface area contributed by atoms with Gasteiger partial charge in [-0.2, -0.15) is 4.57 Å². The van der Waals surface area contributed by atoms with Gasteiger partial charge in [0.2, 0.25) is 6.33 Å². The van der Waals surface area contributed by atoms with Crippen LogP contribution in [0.2, 0.25) is 0 Å². The fourth-order valence-corrected chi connectivity index (χ4v) is 3.72. The van der Waals surface area contributed by atoms with Gasteiger partial charge >= 0.3 is 0 Å². The Morgan fingerprint density at radius 1 is 0.875 bits per heavy atom. The second kappa shape index (κ2) is 6.27. The maximum Gasteiger partial charge on any atom is 0.249 e. The number of rotatable bonds is 3. The first kappa shape index (κ1) is 16.5. The van der Waals surface area contributed by atoms with E-state index in [1.807, 2.05) is 0 Å². The summed E-state index contributed by atoms with van der Waals surface area (Å²) in [6, 6.07) is 15.5. The molecule has 124 valence electrons. The van der Waals surface area contributed by atoms with Gasteiger partial charge in [0.25, 0.3) is 0 Å². The summed E-state index contributed by atoms with van der Waals surface area (Å²) in [5, 5.41) is 0. The first-order chi connectivity index (χ1) is 11.4. The molecule has 2 aromatic carbocycles. The summed E-state index contributed by atoms with van der Waals surface area (Å²) in [5.74, 6) is 0. The zero-order chi connectivity index (χ0) is 17.4. The van der Waals surface area contributed by atoms with Crippen molar-refractivity contribution in [3.8, 4) is 5.69 Å². The van der Waals surface area contributed by atoms with Crippen molar-refractivity contribution in [2.24, 2.45) is 0 Å². The molecule has 0 amide bonds. The van der Waals surface area contributed by atoms with Crippen molar-refractivity contribution in [1.82, 2.24) is 4.57 Å². The van der Waals surface area contributed by atoms with Gasteiger partial charge < -0.3 is 0 Å². The Labute approximate surface area is 145 Å². The second-order valence-electron chi connectivity index (χ2n) is 6.90. The fraction of sp³-hybridized carbons (Fsp3) is 0.318. The maximum absolute atomic E-state index is 2.38. The molecule has 1 aromatic heterocycles. The molecule has 1 atom stereocenters. The summed E-state index contributed by atoms with van der Waals surface area (Å²) >= 11 is 0. The maximum atomic E-state index is 2.38. The molecule has 0 N–H and O–H groups in total. The predicted octanol–water partition coefficient (Wildman–Crippen LogP) is 4.92. The number of nitrogens with zero attached hydrogens (tertiary/aromatic N) is 2. The Morgan fingerprint density at radius 2 is 1.46 bits per heavy atom. The highest BCUT2D eigenvalue weighted by Gasteiger charge is 2.24. The van der Waals surface area contributed by atoms with E-state index in [1.165, 1.54) is 39.3 Å². The Bertz CT molecular complexity index is 849. The first-order valence-electron chi connectivity index (χ1n) is 8.63. The summed E-state index contributed by atoms with van der Waals surface area (Å²) in [5.41, 5.74) is 9.22. The van der Waals surface area contributed by atoms with E-state index in [9.17, 15) is 0 Å². The fourth-order valence-electron chi connectivity index (χ4n) is 3.72. The lowest BCUT2D eigenvalue weighted by Gasteiger charge is -2.10. The molecule has 0 radical (unpaired) electrons. The minimum Gasteiger partial charge on any atom is -0.227 e. The molecular weight excluding hydrogens is 292 g/mol. The summed E-state index contributed by atoms with van der Waals surface area (Å²) in [6.07, 6.45) is 2.26. The van der Waals surface area contributed by atoms with Gasteiger partial charge in [-0.3, -0.25) is 0 Å². The van der Waals surface area contributed by atoms with Crippen molar-refractivity contribution in [2.45, 2.75) is 47.6 Å². The molecule has 0 aliphatic carbocycles. The summed E-state index contributed by atoms with van der Waals surface area (Å²) in [4.78, 5) is 0. The van der Waals surface area contributed by atoms with Crippen LogP contribution in [0.4, 0.5) is 0 Å². The zero-order valence-corrected chi connectivity index (χ0v) is 15.6. The van der Waals surface area contributed by atoms with Crippen molar-refractivity contribution < 1.29 is 4.57 Å². The summed E-state index contributed by atoms with van der Waals surface area (Å²) in [7, 11) is 0. The number of benzene rings is 2. The standard InChI is InChI=1S/C22H27N2/c1-15-12-16(2)22(17(3)13-15)24-14-23(18(4)19(24)5)20(6)21-10-8-7-9-11-21/h7-14,20H,1-6H3/q+1/t20-/m1/s1. The van der Waals surface area contributed by atoms with Crippen molar-refractivity contribution >= 4 is 0 Å². The van der Waals surface area contributed by atoms with Crippen LogP contribution in [0.15, 0.2) is 48.8 Å². The monoisotopic (exact) mass is 319 g/mol. The minimum atomic E-state index is 0.317. The molecule has 0 fully saturated rings. The molecule has 0 bridgehead atoms. The lowest BCUT2D eigenvalue weighted by atomic mass is 10.0. The molecular formula is C22H27N2+. The van der Waals surface area contributed by atoms with Crippen LogP contribution >= 0.6 is 0 Å². The largest absolute Gasteiger partial charge is 0.249 e. The van der Waals surface area contributed by atoms with Crippen molar-refractivity contribution in [3.63, 3.8) is 0 Å². The van der Waals surface area contributed by atoms with Gasteiger partial charge in [-0.25, -0.2) is 4.57 Å². The van der Waals surface area contributed by atoms with E-state index in [0.29, 0.717) is 6.04 Å². The second-order valence-corrected chi connectivity index (χ2v) is 6.90. The molecule has 0 spiro atoms. The van der Waals surface area contributed by atoms with E-state index in [4.69, 9.17) is 0 Å². The number of hydrogen-bond donors (Lipinski definition) is 0. The third-order valence-electron chi connectivity index (χ3n) is 5.09. The van der Waals surface area contributed by atoms with Crippen LogP contribution in [0.25, 0.3) is 5.69 Å². The summed E-state index contributed by atoms with van der Waals surface area (Å²) < 4.78 is 4.72. The first-order valence-corrected chi connectivity index (χ1v) is 8.63. The number of hydrogen-bond acceptors (Lipinski definition) is 0. The Kier molecular flexibility index (Phi) is 4.31. The van der Waals surface area contributed by atoms with Crippen LogP contribution in [0.1, 0.15) is 46.6 Å². The van der Waals surface area contributed by atoms with Gasteiger partial charge in [-0.15, -0.1) is 0 Å². The smallest absolute Gasteiger partial charge is 0.227 e. The number of aromatic nitrogens is 2. The van der Waals surface area contributed by atoms with Gasteiger partial charge in [0.05, 0.1) is 0 Å². The SMILES string of the molecule is Cc1cc(C)c(-n2c[n+]([C@H](C)c3ccccc3)c(C)c2C)c(C)c1. The number of imidazole rings is 1. The van der Waals surface area contributed by atoms with Crippen molar-refractivity contribution in [1.29, 1.82) is 0 Å². The third kappa shape index (κ3) is 2.77. The molecule has 3 aromatic rings. The topological polar surface area (TPSA) is 8.81 Å². The molecule has 3 rings (SSSR count). The van der Waals surface area contributed by atoms with Gasteiger partial charge in [0.1, 0.15) is 23.1 Å². The van der Waals surface area contributed by atoms with E-state index in [1.54, 1.807) is 0 Å². The minimum absolute atomic E-state index is 0.317. The van der Waals surface area contributed by atoms with Gasteiger partial charge in [-0.1, -0.05) is 48.0 Å². The molecule has 2 nitrogen and oxygen atoms in total. The molecule has 1 heterocycles. The highest BCUT2D eigenvalue weighted by molar-refractivity contribution is 5.50. The lowest BCUT2D eigenvalue weighted by molar-refractivity contribution is -0.715. The van der Waals surface area contributed by atoms with Crippen LogP contribution in [0, 0.1) is 34.6 Å². The molecule has 2 heteroatoms. The average molecular weight is 319 g/mol. The predicted molar refractivity (Wildman–Crippen MR) is 99.9 cm³/mol. The normalized spacial score (nSPS) is 12.4. The van der Waals surface area contributed by atoms with Crippen LogP contribution in [0.3, 0.4) is 0 Å².